The molecule has 0 amide bonds. The van der Waals surface area contributed by atoms with E-state index in [4.69, 9.17) is 14.7 Å². The molecule has 3 aromatic carbocycles. The van der Waals surface area contributed by atoms with Crippen LogP contribution in [-0.2, 0) is 5.41 Å². The third-order valence-electron chi connectivity index (χ3n) is 11.0. The van der Waals surface area contributed by atoms with Gasteiger partial charge in [0.15, 0.2) is 0 Å². The summed E-state index contributed by atoms with van der Waals surface area (Å²) in [4.78, 5) is 15.2. The van der Waals surface area contributed by atoms with Gasteiger partial charge in [0.25, 0.3) is 0 Å². The van der Waals surface area contributed by atoms with Crippen molar-refractivity contribution in [3.05, 3.63) is 197 Å². The van der Waals surface area contributed by atoms with Crippen LogP contribution in [0.3, 0.4) is 0 Å². The Hall–Kier alpha value is -5.87. The van der Waals surface area contributed by atoms with E-state index in [1.807, 2.05) is 30.5 Å². The van der Waals surface area contributed by atoms with E-state index in [1.54, 1.807) is 0 Å². The molecule has 0 N–H and O–H groups in total. The molecule has 5 aliphatic rings. The lowest BCUT2D eigenvalue weighted by atomic mass is 9.60. The Kier molecular flexibility index (Phi) is 6.76. The van der Waals surface area contributed by atoms with Gasteiger partial charge in [-0.2, -0.15) is 0 Å². The van der Waals surface area contributed by atoms with Crippen molar-refractivity contribution in [2.45, 2.75) is 37.0 Å². The van der Waals surface area contributed by atoms with E-state index < -0.39 is 0 Å². The van der Waals surface area contributed by atoms with Crippen molar-refractivity contribution in [2.24, 2.45) is 5.92 Å². The van der Waals surface area contributed by atoms with E-state index >= 15 is 0 Å². The second-order valence-electron chi connectivity index (χ2n) is 13.6. The Labute approximate surface area is 292 Å². The van der Waals surface area contributed by atoms with Crippen LogP contribution in [0.4, 0.5) is 0 Å². The summed E-state index contributed by atoms with van der Waals surface area (Å²) in [5.41, 5.74) is 12.8. The van der Waals surface area contributed by atoms with E-state index in [-0.39, 0.29) is 17.3 Å². The number of benzene rings is 3. The second-order valence-corrected chi connectivity index (χ2v) is 13.6. The molecule has 4 nitrogen and oxygen atoms in total. The minimum absolute atomic E-state index is 0.00781. The minimum Gasteiger partial charge on any atom is -0.457 e. The number of fused-ring (bicyclic) bond motifs is 7. The molecule has 3 unspecified atom stereocenters. The van der Waals surface area contributed by atoms with Gasteiger partial charge in [-0.3, -0.25) is 4.98 Å². The third kappa shape index (κ3) is 4.34. The number of aromatic nitrogens is 3. The minimum atomic E-state index is -0.347. The Morgan fingerprint density at radius 2 is 1.42 bits per heavy atom. The first kappa shape index (κ1) is 29.1. The Morgan fingerprint density at radius 1 is 0.660 bits per heavy atom. The molecule has 2 aromatic heterocycles. The van der Waals surface area contributed by atoms with Crippen molar-refractivity contribution >= 4 is 5.57 Å². The smallest absolute Gasteiger partial charge is 0.137 e. The second kappa shape index (κ2) is 11.6. The highest BCUT2D eigenvalue weighted by atomic mass is 16.5. The summed E-state index contributed by atoms with van der Waals surface area (Å²) >= 11 is 0. The van der Waals surface area contributed by atoms with E-state index in [0.29, 0.717) is 0 Å². The Bertz CT molecular complexity index is 2300. The van der Waals surface area contributed by atoms with Crippen LogP contribution in [0.15, 0.2) is 174 Å². The van der Waals surface area contributed by atoms with Gasteiger partial charge in [-0.1, -0.05) is 121 Å². The molecule has 4 aliphatic carbocycles. The van der Waals surface area contributed by atoms with Crippen LogP contribution < -0.4 is 4.74 Å². The van der Waals surface area contributed by atoms with Gasteiger partial charge in [-0.15, -0.1) is 0 Å². The van der Waals surface area contributed by atoms with Crippen molar-refractivity contribution in [3.8, 4) is 28.4 Å². The summed E-state index contributed by atoms with van der Waals surface area (Å²) in [5.74, 6) is 2.65. The zero-order valence-electron chi connectivity index (χ0n) is 27.7. The van der Waals surface area contributed by atoms with Crippen molar-refractivity contribution in [3.63, 3.8) is 0 Å². The van der Waals surface area contributed by atoms with Gasteiger partial charge in [0.2, 0.25) is 0 Å². The number of hydrogen-bond donors (Lipinski definition) is 0. The first-order valence-electron chi connectivity index (χ1n) is 17.7. The van der Waals surface area contributed by atoms with E-state index in [0.717, 1.165) is 65.7 Å². The molecule has 0 fully saturated rings. The van der Waals surface area contributed by atoms with Gasteiger partial charge in [-0.05, 0) is 83.4 Å². The summed E-state index contributed by atoms with van der Waals surface area (Å²) in [7, 11) is 0. The zero-order chi connectivity index (χ0) is 33.1. The molecular formula is C46H35N3O. The van der Waals surface area contributed by atoms with Crippen LogP contribution in [0.1, 0.15) is 54.1 Å². The number of para-hydroxylation sites is 1. The lowest BCUT2D eigenvalue weighted by Gasteiger charge is -2.45. The first-order chi connectivity index (χ1) is 24.8. The van der Waals surface area contributed by atoms with Gasteiger partial charge < -0.3 is 4.74 Å². The van der Waals surface area contributed by atoms with Gasteiger partial charge in [0, 0.05) is 29.2 Å². The SMILES string of the molecule is C1=CC(C2=CCCC3=C2Oc2ccccc2C32C3=C(C=CCC3)c3ccccc32)C(c2nc(-c3ccccc3)cc(-c3ccccn3)n2)C=C1. The van der Waals surface area contributed by atoms with Crippen molar-refractivity contribution < 1.29 is 4.74 Å². The van der Waals surface area contributed by atoms with Crippen LogP contribution in [0.2, 0.25) is 0 Å². The highest BCUT2D eigenvalue weighted by molar-refractivity contribution is 5.91. The summed E-state index contributed by atoms with van der Waals surface area (Å²) < 4.78 is 7.12. The quantitative estimate of drug-likeness (QED) is 0.195. The van der Waals surface area contributed by atoms with E-state index in [2.05, 4.69) is 126 Å². The van der Waals surface area contributed by atoms with Crippen LogP contribution >= 0.6 is 0 Å². The maximum Gasteiger partial charge on any atom is 0.137 e. The first-order valence-corrected chi connectivity index (χ1v) is 17.7. The molecule has 3 heterocycles. The molecule has 0 radical (unpaired) electrons. The van der Waals surface area contributed by atoms with Crippen molar-refractivity contribution in [1.82, 2.24) is 15.0 Å². The predicted molar refractivity (Wildman–Crippen MR) is 199 cm³/mol. The van der Waals surface area contributed by atoms with Crippen molar-refractivity contribution in [2.75, 3.05) is 0 Å². The predicted octanol–water partition coefficient (Wildman–Crippen LogP) is 10.5. The van der Waals surface area contributed by atoms with Gasteiger partial charge in [0.05, 0.1) is 22.5 Å². The average Bonchev–Trinajstić information content (AvgIpc) is 3.49. The fourth-order valence-corrected chi connectivity index (χ4v) is 8.99. The van der Waals surface area contributed by atoms with Crippen LogP contribution in [0.25, 0.3) is 28.2 Å². The maximum atomic E-state index is 7.12. The summed E-state index contributed by atoms with van der Waals surface area (Å²) in [6.07, 6.45) is 21.8. The number of pyridine rings is 1. The topological polar surface area (TPSA) is 47.9 Å². The Balaban J connectivity index is 1.16. The number of allylic oxidation sites excluding steroid dienone is 11. The lowest BCUT2D eigenvalue weighted by Crippen LogP contribution is -2.38. The van der Waals surface area contributed by atoms with Crippen LogP contribution in [-0.4, -0.2) is 15.0 Å². The lowest BCUT2D eigenvalue weighted by molar-refractivity contribution is 0.364. The molecular weight excluding hydrogens is 611 g/mol. The van der Waals surface area contributed by atoms with Crippen LogP contribution in [0, 0.1) is 5.92 Å². The molecule has 1 spiro atoms. The van der Waals surface area contributed by atoms with Gasteiger partial charge in [0.1, 0.15) is 17.3 Å². The molecule has 10 rings (SSSR count). The van der Waals surface area contributed by atoms with E-state index in [1.165, 1.54) is 39.0 Å². The number of hydrogen-bond acceptors (Lipinski definition) is 4. The number of rotatable bonds is 4. The molecule has 3 atom stereocenters. The highest BCUT2D eigenvalue weighted by Crippen LogP contribution is 2.63. The summed E-state index contributed by atoms with van der Waals surface area (Å²) in [5, 5.41) is 0. The largest absolute Gasteiger partial charge is 0.457 e. The highest BCUT2D eigenvalue weighted by Gasteiger charge is 2.54. The average molecular weight is 646 g/mol. The van der Waals surface area contributed by atoms with Crippen LogP contribution in [0.5, 0.6) is 5.75 Å². The monoisotopic (exact) mass is 645 g/mol. The Morgan fingerprint density at radius 3 is 2.30 bits per heavy atom. The normalized spacial score (nSPS) is 22.8. The molecule has 50 heavy (non-hydrogen) atoms. The van der Waals surface area contributed by atoms with Crippen molar-refractivity contribution in [1.29, 1.82) is 0 Å². The maximum absolute atomic E-state index is 7.12. The molecule has 240 valence electrons. The molecule has 0 saturated heterocycles. The standard InChI is InChI=1S/C46H35N3O/c1-2-15-30(16-3-1)41-29-42(40-26-12-13-28-47-40)49-45(48-41)35-20-5-4-17-31(35)34-21-14-25-39-44(34)50-43-27-11-10-24-38(43)46(39)36-22-8-6-18-32(36)33-19-7-9-23-37(33)46/h1-8,10-13,15-22,24,26-29,31,35H,9,14,23,25H2. The molecule has 1 aliphatic heterocycles. The van der Waals surface area contributed by atoms with Gasteiger partial charge in [-0.25, -0.2) is 9.97 Å². The fourth-order valence-electron chi connectivity index (χ4n) is 8.99. The number of ether oxygens (including phenoxy) is 1. The fraction of sp³-hybridized carbons (Fsp3) is 0.152. The molecule has 5 aromatic rings. The summed E-state index contributed by atoms with van der Waals surface area (Å²) in [6, 6.07) is 36.2. The molecule has 0 saturated carbocycles. The molecule has 0 bridgehead atoms. The zero-order valence-corrected chi connectivity index (χ0v) is 27.7. The number of nitrogens with zero attached hydrogens (tertiary/aromatic N) is 3. The van der Waals surface area contributed by atoms with Gasteiger partial charge >= 0.3 is 0 Å². The molecule has 4 heteroatoms. The third-order valence-corrected chi connectivity index (χ3v) is 11.0. The van der Waals surface area contributed by atoms with E-state index in [9.17, 15) is 0 Å². The summed E-state index contributed by atoms with van der Waals surface area (Å²) in [6.45, 7) is 0.